The number of tetrazole rings is 1. The van der Waals surface area contributed by atoms with Gasteiger partial charge in [0.25, 0.3) is 0 Å². The smallest absolute Gasteiger partial charge is 0.223 e. The van der Waals surface area contributed by atoms with Crippen molar-refractivity contribution in [2.45, 2.75) is 51.5 Å². The van der Waals surface area contributed by atoms with Gasteiger partial charge in [-0.1, -0.05) is 41.9 Å². The normalized spacial score (nSPS) is 17.6. The van der Waals surface area contributed by atoms with Gasteiger partial charge in [-0.15, -0.1) is 5.10 Å². The standard InChI is InChI=1S/C30H31ClN6O2/c1-20(29(38)13-10-24-17-27(31)11-12-28(24)37-19-33-35-36-37)34-30(39)25-9-6-22(16-25)15-21-4-7-23(8-5-21)26-3-2-14-32-18-26/h2-5,7-8,11-12,14,17-20,22,25H,6,9-10,13,15-16H2,1H3,(H,34,39)/t20-,22-,25+/m0/s1. The monoisotopic (exact) mass is 542 g/mol. The molecule has 1 aliphatic rings. The van der Waals surface area contributed by atoms with Crippen molar-refractivity contribution < 1.29 is 9.59 Å². The predicted octanol–water partition coefficient (Wildman–Crippen LogP) is 5.04. The summed E-state index contributed by atoms with van der Waals surface area (Å²) < 4.78 is 1.55. The molecule has 1 aliphatic carbocycles. The number of benzene rings is 2. The second kappa shape index (κ2) is 12.3. The van der Waals surface area contributed by atoms with Gasteiger partial charge in [0.1, 0.15) is 6.33 Å². The molecule has 2 heterocycles. The zero-order valence-corrected chi connectivity index (χ0v) is 22.6. The van der Waals surface area contributed by atoms with Crippen LogP contribution in [-0.4, -0.2) is 42.9 Å². The molecule has 9 heteroatoms. The van der Waals surface area contributed by atoms with Crippen molar-refractivity contribution in [1.82, 2.24) is 30.5 Å². The highest BCUT2D eigenvalue weighted by molar-refractivity contribution is 6.30. The highest BCUT2D eigenvalue weighted by atomic mass is 35.5. The molecular weight excluding hydrogens is 512 g/mol. The predicted molar refractivity (Wildman–Crippen MR) is 149 cm³/mol. The van der Waals surface area contributed by atoms with Crippen LogP contribution in [0.4, 0.5) is 0 Å². The maximum Gasteiger partial charge on any atom is 0.223 e. The zero-order chi connectivity index (χ0) is 27.2. The number of hydrogen-bond donors (Lipinski definition) is 1. The number of aryl methyl sites for hydroxylation is 1. The van der Waals surface area contributed by atoms with Gasteiger partial charge in [0, 0.05) is 29.8 Å². The maximum absolute atomic E-state index is 13.0. The lowest BCUT2D eigenvalue weighted by Gasteiger charge is -2.17. The van der Waals surface area contributed by atoms with Crippen LogP contribution in [0.3, 0.4) is 0 Å². The van der Waals surface area contributed by atoms with E-state index in [1.807, 2.05) is 24.4 Å². The Hall–Kier alpha value is -3.91. The van der Waals surface area contributed by atoms with Crippen LogP contribution in [0, 0.1) is 11.8 Å². The van der Waals surface area contributed by atoms with Crippen LogP contribution >= 0.6 is 11.6 Å². The first-order chi connectivity index (χ1) is 19.0. The van der Waals surface area contributed by atoms with Crippen molar-refractivity contribution in [2.75, 3.05) is 0 Å². The fraction of sp³-hybridized carbons (Fsp3) is 0.333. The van der Waals surface area contributed by atoms with Gasteiger partial charge in [-0.3, -0.25) is 14.6 Å². The molecule has 1 N–H and O–H groups in total. The minimum Gasteiger partial charge on any atom is -0.346 e. The van der Waals surface area contributed by atoms with Crippen LogP contribution in [0.1, 0.15) is 43.7 Å². The SMILES string of the molecule is C[C@H](NC(=O)[C@@H]1CC[C@@H](Cc2ccc(-c3cccnc3)cc2)C1)C(=O)CCc1cc(Cl)ccc1-n1cnnn1. The third-order valence-electron chi connectivity index (χ3n) is 7.51. The van der Waals surface area contributed by atoms with Gasteiger partial charge in [0.05, 0.1) is 11.7 Å². The summed E-state index contributed by atoms with van der Waals surface area (Å²) in [5.41, 5.74) is 5.17. The Bertz CT molecular complexity index is 1410. The van der Waals surface area contributed by atoms with Crippen LogP contribution in [0.5, 0.6) is 0 Å². The largest absolute Gasteiger partial charge is 0.346 e. The average Bonchev–Trinajstić information content (AvgIpc) is 3.66. The molecule has 0 spiro atoms. The van der Waals surface area contributed by atoms with E-state index >= 15 is 0 Å². The number of amides is 1. The van der Waals surface area contributed by atoms with Crippen molar-refractivity contribution in [2.24, 2.45) is 11.8 Å². The van der Waals surface area contributed by atoms with Gasteiger partial charge in [-0.2, -0.15) is 0 Å². The quantitative estimate of drug-likeness (QED) is 0.301. The molecule has 0 unspecified atom stereocenters. The number of nitrogens with zero attached hydrogens (tertiary/aromatic N) is 5. The van der Waals surface area contributed by atoms with E-state index in [2.05, 4.69) is 56.2 Å². The lowest BCUT2D eigenvalue weighted by Crippen LogP contribution is -2.41. The number of rotatable bonds is 10. The minimum absolute atomic E-state index is 0.0192. The number of carbonyl (C=O) groups is 2. The number of halogens is 1. The topological polar surface area (TPSA) is 103 Å². The molecule has 8 nitrogen and oxygen atoms in total. The van der Waals surface area contributed by atoms with Crippen molar-refractivity contribution in [3.05, 3.63) is 89.5 Å². The molecule has 0 aliphatic heterocycles. The van der Waals surface area contributed by atoms with Crippen LogP contribution in [0.25, 0.3) is 16.8 Å². The first kappa shape index (κ1) is 26.7. The van der Waals surface area contributed by atoms with Crippen molar-refractivity contribution in [3.63, 3.8) is 0 Å². The van der Waals surface area contributed by atoms with Crippen molar-refractivity contribution in [1.29, 1.82) is 0 Å². The summed E-state index contributed by atoms with van der Waals surface area (Å²) in [6, 6.07) is 17.5. The summed E-state index contributed by atoms with van der Waals surface area (Å²) >= 11 is 6.19. The van der Waals surface area contributed by atoms with E-state index in [-0.39, 0.29) is 24.0 Å². The molecule has 5 rings (SSSR count). The number of pyridine rings is 1. The summed E-state index contributed by atoms with van der Waals surface area (Å²) in [4.78, 5) is 30.1. The van der Waals surface area contributed by atoms with Crippen LogP contribution in [0.15, 0.2) is 73.3 Å². The first-order valence-corrected chi connectivity index (χ1v) is 13.7. The Morgan fingerprint density at radius 1 is 1.10 bits per heavy atom. The number of Topliss-reactive ketones (excluding diaryl/α,β-unsaturated/α-hetero) is 1. The molecule has 1 fully saturated rings. The molecule has 1 amide bonds. The molecular formula is C30H31ClN6O2. The molecule has 0 saturated heterocycles. The maximum atomic E-state index is 13.0. The van der Waals surface area contributed by atoms with E-state index in [1.165, 1.54) is 11.9 Å². The van der Waals surface area contributed by atoms with Crippen molar-refractivity contribution in [3.8, 4) is 16.8 Å². The Labute approximate surface area is 232 Å². The van der Waals surface area contributed by atoms with Gasteiger partial charge in [-0.25, -0.2) is 4.68 Å². The molecule has 0 bridgehead atoms. The molecule has 1 saturated carbocycles. The number of carbonyl (C=O) groups excluding carboxylic acids is 2. The molecule has 39 heavy (non-hydrogen) atoms. The lowest BCUT2D eigenvalue weighted by atomic mass is 9.95. The first-order valence-electron chi connectivity index (χ1n) is 13.3. The molecule has 2 aromatic carbocycles. The van der Waals surface area contributed by atoms with Gasteiger partial charge in [-0.05, 0) is 102 Å². The number of aromatic nitrogens is 5. The zero-order valence-electron chi connectivity index (χ0n) is 21.8. The minimum atomic E-state index is -0.549. The molecule has 2 aromatic heterocycles. The number of nitrogens with one attached hydrogen (secondary N) is 1. The van der Waals surface area contributed by atoms with Gasteiger partial charge in [0.2, 0.25) is 5.91 Å². The summed E-state index contributed by atoms with van der Waals surface area (Å²) in [5, 5.41) is 14.8. The summed E-state index contributed by atoms with van der Waals surface area (Å²) in [7, 11) is 0. The highest BCUT2D eigenvalue weighted by Gasteiger charge is 2.31. The average molecular weight is 543 g/mol. The third kappa shape index (κ3) is 6.75. The van der Waals surface area contributed by atoms with E-state index in [0.717, 1.165) is 48.1 Å². The fourth-order valence-corrected chi connectivity index (χ4v) is 5.53. The lowest BCUT2D eigenvalue weighted by molar-refractivity contribution is -0.129. The second-order valence-corrected chi connectivity index (χ2v) is 10.7. The van der Waals surface area contributed by atoms with E-state index in [4.69, 9.17) is 11.6 Å². The van der Waals surface area contributed by atoms with Gasteiger partial charge >= 0.3 is 0 Å². The van der Waals surface area contributed by atoms with Crippen molar-refractivity contribution >= 4 is 23.3 Å². The molecule has 4 aromatic rings. The Morgan fingerprint density at radius 2 is 1.95 bits per heavy atom. The number of hydrogen-bond acceptors (Lipinski definition) is 6. The van der Waals surface area contributed by atoms with E-state index in [0.29, 0.717) is 17.4 Å². The van der Waals surface area contributed by atoms with Crippen LogP contribution < -0.4 is 5.32 Å². The van der Waals surface area contributed by atoms with E-state index in [1.54, 1.807) is 23.9 Å². The highest BCUT2D eigenvalue weighted by Crippen LogP contribution is 2.34. The second-order valence-electron chi connectivity index (χ2n) is 10.2. The summed E-state index contributed by atoms with van der Waals surface area (Å²) in [5.74, 6) is 0.361. The third-order valence-corrected chi connectivity index (χ3v) is 7.74. The number of ketones is 1. The Balaban J connectivity index is 1.10. The fourth-order valence-electron chi connectivity index (χ4n) is 5.33. The Morgan fingerprint density at radius 3 is 2.69 bits per heavy atom. The Kier molecular flexibility index (Phi) is 8.42. The van der Waals surface area contributed by atoms with Crippen LogP contribution in [0.2, 0.25) is 5.02 Å². The summed E-state index contributed by atoms with van der Waals surface area (Å²) in [6.07, 6.45) is 9.55. The molecule has 3 atom stereocenters. The molecule has 200 valence electrons. The molecule has 0 radical (unpaired) electrons. The van der Waals surface area contributed by atoms with Gasteiger partial charge < -0.3 is 5.32 Å². The van der Waals surface area contributed by atoms with Gasteiger partial charge in [0.15, 0.2) is 5.78 Å². The van der Waals surface area contributed by atoms with Crippen LogP contribution in [-0.2, 0) is 22.4 Å². The summed E-state index contributed by atoms with van der Waals surface area (Å²) in [6.45, 7) is 1.76. The van der Waals surface area contributed by atoms with E-state index in [9.17, 15) is 9.59 Å². The van der Waals surface area contributed by atoms with E-state index < -0.39 is 6.04 Å².